The number of benzene rings is 1. The highest BCUT2D eigenvalue weighted by Crippen LogP contribution is 2.27. The molecule has 2 N–H and O–H groups in total. The maximum Gasteiger partial charge on any atom is 0.335 e. The summed E-state index contributed by atoms with van der Waals surface area (Å²) in [4.78, 5) is 22.4. The molecule has 104 valence electrons. The van der Waals surface area contributed by atoms with Crippen LogP contribution in [0, 0.1) is 0 Å². The van der Waals surface area contributed by atoms with Gasteiger partial charge in [0.15, 0.2) is 6.10 Å². The Balaban J connectivity index is 2.71. The summed E-state index contributed by atoms with van der Waals surface area (Å²) in [5, 5.41) is 11.6. The van der Waals surface area contributed by atoms with Gasteiger partial charge in [-0.3, -0.25) is 4.79 Å². The molecule has 0 spiro atoms. The lowest BCUT2D eigenvalue weighted by atomic mass is 10.2. The second kappa shape index (κ2) is 7.13. The summed E-state index contributed by atoms with van der Waals surface area (Å²) in [6.07, 6.45) is 0.216. The van der Waals surface area contributed by atoms with Crippen LogP contribution in [0.4, 0.5) is 0 Å². The Bertz CT molecular complexity index is 476. The lowest BCUT2D eigenvalue weighted by Crippen LogP contribution is -2.36. The number of aromatic carboxylic acids is 1. The van der Waals surface area contributed by atoms with Crippen LogP contribution in [0.25, 0.3) is 0 Å². The van der Waals surface area contributed by atoms with Gasteiger partial charge in [-0.1, -0.05) is 6.92 Å². The van der Waals surface area contributed by atoms with Crippen molar-refractivity contribution < 1.29 is 19.4 Å². The molecule has 1 aromatic carbocycles. The van der Waals surface area contributed by atoms with Crippen molar-refractivity contribution in [3.8, 4) is 5.75 Å². The molecule has 0 aromatic heterocycles. The lowest BCUT2D eigenvalue weighted by molar-refractivity contribution is -0.127. The van der Waals surface area contributed by atoms with Gasteiger partial charge in [0.1, 0.15) is 5.75 Å². The van der Waals surface area contributed by atoms with Gasteiger partial charge in [-0.25, -0.2) is 4.79 Å². The Labute approximate surface area is 120 Å². The fraction of sp³-hybridized carbons (Fsp3) is 0.385. The second-order valence-corrected chi connectivity index (χ2v) is 4.86. The molecular weight excluding hydrogens is 314 g/mol. The van der Waals surface area contributed by atoms with Crippen molar-refractivity contribution in [1.82, 2.24) is 5.32 Å². The fourth-order valence-electron chi connectivity index (χ4n) is 1.37. The molecule has 0 aliphatic rings. The molecule has 1 aromatic rings. The van der Waals surface area contributed by atoms with E-state index in [4.69, 9.17) is 9.84 Å². The van der Waals surface area contributed by atoms with Crippen molar-refractivity contribution >= 4 is 27.8 Å². The number of carboxylic acids is 1. The van der Waals surface area contributed by atoms with Gasteiger partial charge in [-0.2, -0.15) is 0 Å². The number of carbonyl (C=O) groups is 2. The molecule has 19 heavy (non-hydrogen) atoms. The summed E-state index contributed by atoms with van der Waals surface area (Å²) in [5.74, 6) is -0.777. The number of carbonyl (C=O) groups excluding carboxylic acids is 1. The van der Waals surface area contributed by atoms with E-state index in [0.29, 0.717) is 16.8 Å². The van der Waals surface area contributed by atoms with Crippen LogP contribution in [0.2, 0.25) is 0 Å². The third kappa shape index (κ3) is 4.55. The molecule has 6 heteroatoms. The second-order valence-electron chi connectivity index (χ2n) is 4.00. The Morgan fingerprint density at radius 1 is 1.47 bits per heavy atom. The largest absolute Gasteiger partial charge is 0.480 e. The van der Waals surface area contributed by atoms with E-state index in [9.17, 15) is 9.59 Å². The molecule has 1 amide bonds. The van der Waals surface area contributed by atoms with Crippen LogP contribution < -0.4 is 10.1 Å². The molecule has 0 fully saturated rings. The van der Waals surface area contributed by atoms with Gasteiger partial charge in [0.25, 0.3) is 5.91 Å². The number of halogens is 1. The van der Waals surface area contributed by atoms with Gasteiger partial charge in [0.05, 0.1) is 10.0 Å². The SMILES string of the molecule is CCCNC(=O)C(C)Oc1ccc(C(=O)O)cc1Br. The molecule has 0 saturated heterocycles. The average Bonchev–Trinajstić information content (AvgIpc) is 2.37. The average molecular weight is 330 g/mol. The third-order valence-corrected chi connectivity index (χ3v) is 3.02. The number of amides is 1. The zero-order valence-electron chi connectivity index (χ0n) is 10.8. The molecule has 0 radical (unpaired) electrons. The van der Waals surface area contributed by atoms with Crippen LogP contribution in [0.5, 0.6) is 5.75 Å². The Kier molecular flexibility index (Phi) is 5.82. The van der Waals surface area contributed by atoms with Gasteiger partial charge >= 0.3 is 5.97 Å². The first-order valence-corrected chi connectivity index (χ1v) is 6.72. The summed E-state index contributed by atoms with van der Waals surface area (Å²) in [7, 11) is 0. The minimum Gasteiger partial charge on any atom is -0.480 e. The van der Waals surface area contributed by atoms with E-state index in [1.807, 2.05) is 6.92 Å². The molecule has 1 atom stereocenters. The van der Waals surface area contributed by atoms with Crippen LogP contribution >= 0.6 is 15.9 Å². The van der Waals surface area contributed by atoms with E-state index in [1.54, 1.807) is 6.92 Å². The zero-order chi connectivity index (χ0) is 14.4. The molecular formula is C13H16BrNO4. The van der Waals surface area contributed by atoms with Crippen LogP contribution in [0.1, 0.15) is 30.6 Å². The van der Waals surface area contributed by atoms with Crippen LogP contribution in [0.15, 0.2) is 22.7 Å². The van der Waals surface area contributed by atoms with Gasteiger partial charge in [-0.15, -0.1) is 0 Å². The highest BCUT2D eigenvalue weighted by atomic mass is 79.9. The fourth-order valence-corrected chi connectivity index (χ4v) is 1.84. The van der Waals surface area contributed by atoms with E-state index < -0.39 is 12.1 Å². The minimum atomic E-state index is -1.01. The maximum absolute atomic E-state index is 11.6. The highest BCUT2D eigenvalue weighted by Gasteiger charge is 2.16. The standard InChI is InChI=1S/C13H16BrNO4/c1-3-6-15-12(16)8(2)19-11-5-4-9(13(17)18)7-10(11)14/h4-5,7-8H,3,6H2,1-2H3,(H,15,16)(H,17,18). The quantitative estimate of drug-likeness (QED) is 0.840. The highest BCUT2D eigenvalue weighted by molar-refractivity contribution is 9.10. The molecule has 1 unspecified atom stereocenters. The minimum absolute atomic E-state index is 0.155. The van der Waals surface area contributed by atoms with Crippen LogP contribution in [-0.2, 0) is 4.79 Å². The summed E-state index contributed by atoms with van der Waals surface area (Å²) >= 11 is 3.23. The molecule has 1 rings (SSSR count). The lowest BCUT2D eigenvalue weighted by Gasteiger charge is -2.15. The number of carboxylic acid groups (broad SMARTS) is 1. The van der Waals surface area contributed by atoms with Gasteiger partial charge in [0.2, 0.25) is 0 Å². The van der Waals surface area contributed by atoms with Gasteiger partial charge in [-0.05, 0) is 47.5 Å². The van der Waals surface area contributed by atoms with Crippen molar-refractivity contribution in [2.24, 2.45) is 0 Å². The van der Waals surface area contributed by atoms with Crippen molar-refractivity contribution in [3.63, 3.8) is 0 Å². The predicted octanol–water partition coefficient (Wildman–Crippen LogP) is 2.44. The number of hydrogen-bond donors (Lipinski definition) is 2. The molecule has 0 aliphatic carbocycles. The normalized spacial score (nSPS) is 11.7. The molecule has 0 saturated carbocycles. The first-order valence-electron chi connectivity index (χ1n) is 5.93. The van der Waals surface area contributed by atoms with E-state index in [1.165, 1.54) is 18.2 Å². The third-order valence-electron chi connectivity index (χ3n) is 2.40. The number of nitrogens with one attached hydrogen (secondary N) is 1. The van der Waals surface area contributed by atoms with Gasteiger partial charge < -0.3 is 15.2 Å². The van der Waals surface area contributed by atoms with E-state index in [2.05, 4.69) is 21.2 Å². The number of rotatable bonds is 6. The first-order chi connectivity index (χ1) is 8.95. The number of ether oxygens (including phenoxy) is 1. The van der Waals surface area contributed by atoms with E-state index in [0.717, 1.165) is 6.42 Å². The first kappa shape index (κ1) is 15.5. The predicted molar refractivity (Wildman–Crippen MR) is 74.5 cm³/mol. The molecule has 0 heterocycles. The topological polar surface area (TPSA) is 75.6 Å². The maximum atomic E-state index is 11.6. The Morgan fingerprint density at radius 3 is 2.68 bits per heavy atom. The van der Waals surface area contributed by atoms with Gasteiger partial charge in [0, 0.05) is 6.54 Å². The van der Waals surface area contributed by atoms with Crippen molar-refractivity contribution in [2.75, 3.05) is 6.54 Å². The van der Waals surface area contributed by atoms with Crippen LogP contribution in [0.3, 0.4) is 0 Å². The van der Waals surface area contributed by atoms with Crippen molar-refractivity contribution in [2.45, 2.75) is 26.4 Å². The molecule has 0 bridgehead atoms. The summed E-state index contributed by atoms with van der Waals surface area (Å²) in [5.41, 5.74) is 0.155. The summed E-state index contributed by atoms with van der Waals surface area (Å²) < 4.78 is 5.99. The Hall–Kier alpha value is -1.56. The van der Waals surface area contributed by atoms with E-state index >= 15 is 0 Å². The molecule has 0 aliphatic heterocycles. The smallest absolute Gasteiger partial charge is 0.335 e. The molecule has 5 nitrogen and oxygen atoms in total. The van der Waals surface area contributed by atoms with Crippen molar-refractivity contribution in [3.05, 3.63) is 28.2 Å². The Morgan fingerprint density at radius 2 is 2.16 bits per heavy atom. The van der Waals surface area contributed by atoms with Crippen molar-refractivity contribution in [1.29, 1.82) is 0 Å². The zero-order valence-corrected chi connectivity index (χ0v) is 12.4. The summed E-state index contributed by atoms with van der Waals surface area (Å²) in [6, 6.07) is 4.39. The summed E-state index contributed by atoms with van der Waals surface area (Å²) in [6.45, 7) is 4.21. The van der Waals surface area contributed by atoms with Crippen LogP contribution in [-0.4, -0.2) is 29.6 Å². The van der Waals surface area contributed by atoms with E-state index in [-0.39, 0.29) is 11.5 Å². The number of hydrogen-bond acceptors (Lipinski definition) is 3. The monoisotopic (exact) mass is 329 g/mol.